The fourth-order valence-electron chi connectivity index (χ4n) is 2.83. The van der Waals surface area contributed by atoms with E-state index in [1.807, 2.05) is 42.5 Å². The van der Waals surface area contributed by atoms with Crippen molar-refractivity contribution in [3.63, 3.8) is 0 Å². The number of hydrogen-bond donors (Lipinski definition) is 1. The zero-order valence-corrected chi connectivity index (χ0v) is 15.8. The Labute approximate surface area is 162 Å². The molecule has 0 unspecified atom stereocenters. The monoisotopic (exact) mass is 375 g/mol. The van der Waals surface area contributed by atoms with Crippen molar-refractivity contribution in [3.8, 4) is 11.5 Å². The average Bonchev–Trinajstić information content (AvgIpc) is 2.66. The Morgan fingerprint density at radius 2 is 1.63 bits per heavy atom. The Bertz CT molecular complexity index is 1110. The minimum absolute atomic E-state index is 0.555. The Morgan fingerprint density at radius 3 is 2.41 bits per heavy atom. The zero-order chi connectivity index (χ0) is 18.8. The summed E-state index contributed by atoms with van der Waals surface area (Å²) in [5.74, 6) is 2.17. The third-order valence-electron chi connectivity index (χ3n) is 4.42. The first-order valence-corrected chi connectivity index (χ1v) is 8.99. The molecule has 0 saturated heterocycles. The van der Waals surface area contributed by atoms with Gasteiger partial charge in [0.1, 0.15) is 23.6 Å². The highest BCUT2D eigenvalue weighted by molar-refractivity contribution is 6.33. The van der Waals surface area contributed by atoms with E-state index < -0.39 is 0 Å². The van der Waals surface area contributed by atoms with Gasteiger partial charge in [0.05, 0.1) is 16.2 Å². The number of para-hydroxylation sites is 1. The predicted molar refractivity (Wildman–Crippen MR) is 110 cm³/mol. The molecule has 0 atom stereocenters. The van der Waals surface area contributed by atoms with E-state index in [2.05, 4.69) is 41.3 Å². The summed E-state index contributed by atoms with van der Waals surface area (Å²) >= 11 is 6.47. The van der Waals surface area contributed by atoms with E-state index in [0.717, 1.165) is 28.2 Å². The van der Waals surface area contributed by atoms with Gasteiger partial charge in [-0.15, -0.1) is 0 Å². The van der Waals surface area contributed by atoms with Crippen molar-refractivity contribution in [2.75, 3.05) is 5.32 Å². The lowest BCUT2D eigenvalue weighted by atomic mass is 10.1. The average molecular weight is 376 g/mol. The number of rotatable bonds is 4. The fraction of sp³-hybridized carbons (Fsp3) is 0.0909. The van der Waals surface area contributed by atoms with Crippen LogP contribution < -0.4 is 10.1 Å². The van der Waals surface area contributed by atoms with E-state index in [-0.39, 0.29) is 0 Å². The second-order valence-corrected chi connectivity index (χ2v) is 6.76. The summed E-state index contributed by atoms with van der Waals surface area (Å²) < 4.78 is 5.83. The Morgan fingerprint density at radius 1 is 0.852 bits per heavy atom. The van der Waals surface area contributed by atoms with E-state index >= 15 is 0 Å². The van der Waals surface area contributed by atoms with Crippen molar-refractivity contribution in [2.45, 2.75) is 13.8 Å². The van der Waals surface area contributed by atoms with Gasteiger partial charge < -0.3 is 10.1 Å². The van der Waals surface area contributed by atoms with E-state index in [1.54, 1.807) is 12.4 Å². The summed E-state index contributed by atoms with van der Waals surface area (Å²) in [6.45, 7) is 4.15. The van der Waals surface area contributed by atoms with Gasteiger partial charge in [0, 0.05) is 11.5 Å². The molecule has 4 aromatic rings. The van der Waals surface area contributed by atoms with Gasteiger partial charge in [-0.2, -0.15) is 0 Å². The number of ether oxygens (including phenoxy) is 1. The van der Waals surface area contributed by atoms with Crippen molar-refractivity contribution in [1.82, 2.24) is 9.97 Å². The van der Waals surface area contributed by atoms with Gasteiger partial charge in [-0.25, -0.2) is 9.97 Å². The summed E-state index contributed by atoms with van der Waals surface area (Å²) in [5.41, 5.74) is 4.05. The van der Waals surface area contributed by atoms with Crippen molar-refractivity contribution in [3.05, 3.63) is 83.1 Å². The molecule has 0 spiro atoms. The van der Waals surface area contributed by atoms with Crippen molar-refractivity contribution in [1.29, 1.82) is 0 Å². The molecule has 5 heteroatoms. The number of nitrogens with one attached hydrogen (secondary N) is 1. The van der Waals surface area contributed by atoms with Gasteiger partial charge in [-0.3, -0.25) is 0 Å². The quantitative estimate of drug-likeness (QED) is 0.446. The lowest BCUT2D eigenvalue weighted by molar-refractivity contribution is 0.483. The molecular formula is C22H18ClN3O. The summed E-state index contributed by atoms with van der Waals surface area (Å²) in [6.07, 6.45) is 1.56. The van der Waals surface area contributed by atoms with Crippen LogP contribution in [0.25, 0.3) is 10.9 Å². The topological polar surface area (TPSA) is 47.0 Å². The van der Waals surface area contributed by atoms with E-state index in [4.69, 9.17) is 16.3 Å². The van der Waals surface area contributed by atoms with Crippen LogP contribution in [0.15, 0.2) is 67.0 Å². The number of aryl methyl sites for hydroxylation is 2. The fourth-order valence-corrected chi connectivity index (χ4v) is 3.05. The second-order valence-electron chi connectivity index (χ2n) is 6.36. The van der Waals surface area contributed by atoms with Crippen LogP contribution in [0.2, 0.25) is 5.02 Å². The largest absolute Gasteiger partial charge is 0.457 e. The third kappa shape index (κ3) is 3.71. The predicted octanol–water partition coefficient (Wildman–Crippen LogP) is 6.44. The van der Waals surface area contributed by atoms with Crippen LogP contribution in [-0.4, -0.2) is 9.97 Å². The molecule has 0 aliphatic carbocycles. The normalized spacial score (nSPS) is 10.8. The minimum atomic E-state index is 0.555. The van der Waals surface area contributed by atoms with Crippen LogP contribution >= 0.6 is 11.6 Å². The molecule has 0 saturated carbocycles. The number of hydrogen-bond acceptors (Lipinski definition) is 4. The molecule has 0 bridgehead atoms. The lowest BCUT2D eigenvalue weighted by Gasteiger charge is -2.12. The van der Waals surface area contributed by atoms with Gasteiger partial charge in [0.2, 0.25) is 0 Å². The van der Waals surface area contributed by atoms with Crippen LogP contribution in [0.3, 0.4) is 0 Å². The van der Waals surface area contributed by atoms with Gasteiger partial charge in [-0.05, 0) is 61.4 Å². The molecule has 0 radical (unpaired) electrons. The first-order chi connectivity index (χ1) is 13.1. The molecule has 1 aromatic heterocycles. The zero-order valence-electron chi connectivity index (χ0n) is 15.0. The third-order valence-corrected chi connectivity index (χ3v) is 4.74. The van der Waals surface area contributed by atoms with Crippen LogP contribution in [-0.2, 0) is 0 Å². The van der Waals surface area contributed by atoms with Crippen molar-refractivity contribution in [2.24, 2.45) is 0 Å². The standard InChI is InChI=1S/C22H18ClN3O/c1-14-10-18-21(11-15(14)2)24-13-25-22(18)26-20-9-8-17(12-19(20)23)27-16-6-4-3-5-7-16/h3-13H,1-2H3,(H,24,25,26). The molecule has 0 fully saturated rings. The first kappa shape index (κ1) is 17.3. The number of fused-ring (bicyclic) bond motifs is 1. The molecule has 27 heavy (non-hydrogen) atoms. The van der Waals surface area contributed by atoms with Gasteiger partial charge >= 0.3 is 0 Å². The smallest absolute Gasteiger partial charge is 0.141 e. The van der Waals surface area contributed by atoms with Gasteiger partial charge in [0.25, 0.3) is 0 Å². The Kier molecular flexibility index (Phi) is 4.65. The highest BCUT2D eigenvalue weighted by atomic mass is 35.5. The van der Waals surface area contributed by atoms with Crippen LogP contribution in [0.4, 0.5) is 11.5 Å². The lowest BCUT2D eigenvalue weighted by Crippen LogP contribution is -1.98. The molecule has 134 valence electrons. The highest BCUT2D eigenvalue weighted by Gasteiger charge is 2.09. The molecule has 1 N–H and O–H groups in total. The Balaban J connectivity index is 1.63. The van der Waals surface area contributed by atoms with E-state index in [9.17, 15) is 0 Å². The maximum atomic E-state index is 6.47. The summed E-state index contributed by atoms with van der Waals surface area (Å²) in [7, 11) is 0. The number of aromatic nitrogens is 2. The molecule has 0 aliphatic heterocycles. The van der Waals surface area contributed by atoms with Gasteiger partial charge in [0.15, 0.2) is 0 Å². The second kappa shape index (κ2) is 7.25. The molecule has 0 aliphatic rings. The molecule has 0 amide bonds. The maximum Gasteiger partial charge on any atom is 0.141 e. The van der Waals surface area contributed by atoms with Gasteiger partial charge in [-0.1, -0.05) is 29.8 Å². The molecular weight excluding hydrogens is 358 g/mol. The molecule has 1 heterocycles. The first-order valence-electron chi connectivity index (χ1n) is 8.61. The molecule has 3 aromatic carbocycles. The number of anilines is 2. The van der Waals surface area contributed by atoms with E-state index in [1.165, 1.54) is 11.1 Å². The van der Waals surface area contributed by atoms with Crippen LogP contribution in [0.1, 0.15) is 11.1 Å². The number of benzene rings is 3. The maximum absolute atomic E-state index is 6.47. The number of halogens is 1. The van der Waals surface area contributed by atoms with Crippen LogP contribution in [0.5, 0.6) is 11.5 Å². The highest BCUT2D eigenvalue weighted by Crippen LogP contribution is 2.33. The molecule has 4 nitrogen and oxygen atoms in total. The van der Waals surface area contributed by atoms with Crippen molar-refractivity contribution < 1.29 is 4.74 Å². The summed E-state index contributed by atoms with van der Waals surface area (Å²) in [5, 5.41) is 4.83. The molecule has 4 rings (SSSR count). The summed E-state index contributed by atoms with van der Waals surface area (Å²) in [6, 6.07) is 19.3. The van der Waals surface area contributed by atoms with Crippen molar-refractivity contribution >= 4 is 34.0 Å². The number of nitrogens with zero attached hydrogens (tertiary/aromatic N) is 2. The SMILES string of the molecule is Cc1cc2ncnc(Nc3ccc(Oc4ccccc4)cc3Cl)c2cc1C. The van der Waals surface area contributed by atoms with Crippen LogP contribution in [0, 0.1) is 13.8 Å². The Hall–Kier alpha value is -3.11. The minimum Gasteiger partial charge on any atom is -0.457 e. The summed E-state index contributed by atoms with van der Waals surface area (Å²) in [4.78, 5) is 8.76. The van der Waals surface area contributed by atoms with E-state index in [0.29, 0.717) is 10.8 Å².